The molecule has 0 radical (unpaired) electrons. The summed E-state index contributed by atoms with van der Waals surface area (Å²) in [5.41, 5.74) is 0.838. The van der Waals surface area contributed by atoms with E-state index in [2.05, 4.69) is 5.32 Å². The van der Waals surface area contributed by atoms with E-state index in [1.54, 1.807) is 5.38 Å². The van der Waals surface area contributed by atoms with Crippen LogP contribution in [0.25, 0.3) is 0 Å². The number of hydrogen-bond donors (Lipinski definition) is 1. The monoisotopic (exact) mass is 450 g/mol. The van der Waals surface area contributed by atoms with E-state index in [1.165, 1.54) is 36.4 Å². The zero-order valence-electron chi connectivity index (χ0n) is 15.1. The van der Waals surface area contributed by atoms with Crippen molar-refractivity contribution in [3.63, 3.8) is 0 Å². The molecule has 0 amide bonds. The lowest BCUT2D eigenvalue weighted by molar-refractivity contribution is 0.104. The molecular formula is C20H13F3N2O3S2. The summed E-state index contributed by atoms with van der Waals surface area (Å²) < 4.78 is 67.1. The maximum atomic E-state index is 13.4. The van der Waals surface area contributed by atoms with Gasteiger partial charge in [0.25, 0.3) is 10.0 Å². The fraction of sp³-hybridized carbons (Fsp3) is 0.0500. The molecule has 0 spiro atoms. The first-order chi connectivity index (χ1) is 14.3. The van der Waals surface area contributed by atoms with Crippen LogP contribution >= 0.6 is 11.3 Å². The minimum Gasteiger partial charge on any atom is -0.360 e. The van der Waals surface area contributed by atoms with Crippen LogP contribution in [-0.2, 0) is 16.6 Å². The lowest BCUT2D eigenvalue weighted by Gasteiger charge is -2.29. The highest BCUT2D eigenvalue weighted by molar-refractivity contribution is 7.97. The Labute approximate surface area is 174 Å². The van der Waals surface area contributed by atoms with E-state index < -0.39 is 38.2 Å². The van der Waals surface area contributed by atoms with Gasteiger partial charge in [-0.3, -0.25) is 9.10 Å². The molecule has 1 N–H and O–H groups in total. The normalized spacial score (nSPS) is 16.6. The van der Waals surface area contributed by atoms with Gasteiger partial charge in [0.15, 0.2) is 16.5 Å². The van der Waals surface area contributed by atoms with Crippen LogP contribution in [0.15, 0.2) is 65.0 Å². The number of nitrogens with one attached hydrogen (secondary N) is 1. The van der Waals surface area contributed by atoms with Gasteiger partial charge in [0.05, 0.1) is 12.2 Å². The van der Waals surface area contributed by atoms with Crippen molar-refractivity contribution in [3.8, 4) is 0 Å². The van der Waals surface area contributed by atoms with Crippen LogP contribution in [0.5, 0.6) is 0 Å². The summed E-state index contributed by atoms with van der Waals surface area (Å²) in [5.74, 6) is -3.33. The molecule has 0 saturated heterocycles. The maximum absolute atomic E-state index is 13.4. The lowest BCUT2D eigenvalue weighted by atomic mass is 10.2. The number of rotatable bonds is 4. The van der Waals surface area contributed by atoms with Gasteiger partial charge < -0.3 is 5.32 Å². The molecule has 0 aliphatic carbocycles. The molecular weight excluding hydrogens is 437 g/mol. The maximum Gasteiger partial charge on any atom is 0.270 e. The predicted molar refractivity (Wildman–Crippen MR) is 108 cm³/mol. The third-order valence-corrected chi connectivity index (χ3v) is 7.11. The van der Waals surface area contributed by atoms with Gasteiger partial charge in [-0.05, 0) is 41.3 Å². The van der Waals surface area contributed by atoms with Crippen molar-refractivity contribution < 1.29 is 26.4 Å². The van der Waals surface area contributed by atoms with Crippen LogP contribution in [0.1, 0.15) is 15.2 Å². The number of halogens is 3. The first kappa shape index (κ1) is 20.2. The number of allylic oxidation sites excluding steroid dienone is 1. The topological polar surface area (TPSA) is 66.5 Å². The van der Waals surface area contributed by atoms with Crippen LogP contribution in [0.3, 0.4) is 0 Å². The van der Waals surface area contributed by atoms with Crippen molar-refractivity contribution in [2.24, 2.45) is 0 Å². The Kier molecular flexibility index (Phi) is 5.12. The standard InChI is InChI=1S/C20H13F3N2O3S2/c21-13-3-1-12(2-4-13)11-25-17-7-8-29-20(17)19(26)18(30(25,27)28)10-24-14-5-6-15(22)16(23)9-14/h1-10,24H,11H2. The highest BCUT2D eigenvalue weighted by Gasteiger charge is 2.41. The van der Waals surface area contributed by atoms with Gasteiger partial charge in [-0.1, -0.05) is 12.1 Å². The van der Waals surface area contributed by atoms with Gasteiger partial charge in [-0.2, -0.15) is 0 Å². The number of ketones is 1. The van der Waals surface area contributed by atoms with Crippen LogP contribution in [0.4, 0.5) is 24.5 Å². The number of benzene rings is 2. The number of Topliss-reactive ketones (excluding diaryl/α,β-unsaturated/α-hetero) is 1. The largest absolute Gasteiger partial charge is 0.360 e. The molecule has 2 aromatic carbocycles. The number of hydrogen-bond acceptors (Lipinski definition) is 5. The van der Waals surface area contributed by atoms with E-state index in [4.69, 9.17) is 0 Å². The molecule has 0 bridgehead atoms. The van der Waals surface area contributed by atoms with E-state index >= 15 is 0 Å². The summed E-state index contributed by atoms with van der Waals surface area (Å²) in [6.07, 6.45) is 0.963. The molecule has 2 heterocycles. The number of carbonyl (C=O) groups is 1. The van der Waals surface area contributed by atoms with Crippen molar-refractivity contribution in [3.05, 3.63) is 92.9 Å². The molecule has 5 nitrogen and oxygen atoms in total. The molecule has 4 rings (SSSR count). The number of fused-ring (bicyclic) bond motifs is 1. The van der Waals surface area contributed by atoms with Crippen LogP contribution in [0, 0.1) is 17.5 Å². The summed E-state index contributed by atoms with van der Waals surface area (Å²) in [5, 5.41) is 4.14. The van der Waals surface area contributed by atoms with Gasteiger partial charge in [0, 0.05) is 18.0 Å². The highest BCUT2D eigenvalue weighted by Crippen LogP contribution is 2.39. The molecule has 10 heteroatoms. The number of sulfonamides is 1. The fourth-order valence-corrected chi connectivity index (χ4v) is 5.43. The second-order valence-corrected chi connectivity index (χ2v) is 9.13. The number of anilines is 2. The van der Waals surface area contributed by atoms with Crippen molar-refractivity contribution in [1.82, 2.24) is 0 Å². The Morgan fingerprint density at radius 3 is 2.43 bits per heavy atom. The number of carbonyl (C=O) groups excluding carboxylic acids is 1. The van der Waals surface area contributed by atoms with Gasteiger partial charge in [0.1, 0.15) is 10.7 Å². The van der Waals surface area contributed by atoms with Gasteiger partial charge in [-0.25, -0.2) is 21.6 Å². The Balaban J connectivity index is 1.73. The van der Waals surface area contributed by atoms with Crippen LogP contribution < -0.4 is 9.62 Å². The van der Waals surface area contributed by atoms with Crippen LogP contribution in [0.2, 0.25) is 0 Å². The fourth-order valence-electron chi connectivity index (χ4n) is 2.95. The smallest absolute Gasteiger partial charge is 0.270 e. The summed E-state index contributed by atoms with van der Waals surface area (Å²) in [6.45, 7) is -0.109. The molecule has 154 valence electrons. The van der Waals surface area contributed by atoms with E-state index in [9.17, 15) is 26.4 Å². The summed E-state index contributed by atoms with van der Waals surface area (Å²) in [4.78, 5) is 12.5. The minimum absolute atomic E-state index is 0.0754. The van der Waals surface area contributed by atoms with E-state index in [0.29, 0.717) is 5.56 Å². The zero-order chi connectivity index (χ0) is 21.5. The van der Waals surface area contributed by atoms with Crippen molar-refractivity contribution in [1.29, 1.82) is 0 Å². The van der Waals surface area contributed by atoms with Crippen molar-refractivity contribution in [2.75, 3.05) is 9.62 Å². The van der Waals surface area contributed by atoms with Gasteiger partial charge in [0.2, 0.25) is 5.78 Å². The van der Waals surface area contributed by atoms with E-state index in [1.807, 2.05) is 0 Å². The first-order valence-corrected chi connectivity index (χ1v) is 10.9. The Bertz CT molecular complexity index is 1270. The zero-order valence-corrected chi connectivity index (χ0v) is 16.7. The summed E-state index contributed by atoms with van der Waals surface area (Å²) in [6, 6.07) is 9.80. The van der Waals surface area contributed by atoms with Gasteiger partial charge in [-0.15, -0.1) is 11.3 Å². The Morgan fingerprint density at radius 1 is 1.00 bits per heavy atom. The average Bonchev–Trinajstić information content (AvgIpc) is 3.19. The SMILES string of the molecule is O=C1C(=CNc2ccc(F)c(F)c2)S(=O)(=O)N(Cc2ccc(F)cc2)c2ccsc21. The molecule has 1 aromatic heterocycles. The summed E-state index contributed by atoms with van der Waals surface area (Å²) >= 11 is 1.09. The number of thiophene rings is 1. The second kappa shape index (κ2) is 7.62. The number of nitrogens with zero attached hydrogens (tertiary/aromatic N) is 1. The molecule has 0 saturated carbocycles. The predicted octanol–water partition coefficient (Wildman–Crippen LogP) is 4.65. The highest BCUT2D eigenvalue weighted by atomic mass is 32.2. The molecule has 30 heavy (non-hydrogen) atoms. The van der Waals surface area contributed by atoms with Gasteiger partial charge >= 0.3 is 0 Å². The summed E-state index contributed by atoms with van der Waals surface area (Å²) in [7, 11) is -4.27. The van der Waals surface area contributed by atoms with E-state index in [-0.39, 0.29) is 22.8 Å². The molecule has 1 aliphatic heterocycles. The molecule has 0 atom stereocenters. The van der Waals surface area contributed by atoms with Crippen LogP contribution in [-0.4, -0.2) is 14.2 Å². The molecule has 0 unspecified atom stereocenters. The third kappa shape index (κ3) is 3.59. The molecule has 0 fully saturated rings. The Hall–Kier alpha value is -3.11. The molecule has 1 aliphatic rings. The molecule has 3 aromatic rings. The quantitative estimate of drug-likeness (QED) is 0.588. The second-order valence-electron chi connectivity index (χ2n) is 6.38. The third-order valence-electron chi connectivity index (χ3n) is 4.44. The first-order valence-electron chi connectivity index (χ1n) is 8.58. The van der Waals surface area contributed by atoms with E-state index in [0.717, 1.165) is 34.0 Å². The van der Waals surface area contributed by atoms with Crippen molar-refractivity contribution >= 4 is 38.5 Å². The van der Waals surface area contributed by atoms with Crippen molar-refractivity contribution in [2.45, 2.75) is 6.54 Å². The average molecular weight is 450 g/mol. The lowest BCUT2D eigenvalue weighted by Crippen LogP contribution is -2.38. The Morgan fingerprint density at radius 2 is 1.73 bits per heavy atom. The minimum atomic E-state index is -4.27.